The number of fused-ring (bicyclic) bond motifs is 3. The van der Waals surface area contributed by atoms with Gasteiger partial charge in [0, 0.05) is 28.4 Å². The van der Waals surface area contributed by atoms with E-state index in [1.165, 1.54) is 38.8 Å². The zero-order valence-corrected chi connectivity index (χ0v) is 16.3. The molecule has 134 valence electrons. The van der Waals surface area contributed by atoms with Crippen molar-refractivity contribution < 1.29 is 4.74 Å². The summed E-state index contributed by atoms with van der Waals surface area (Å²) in [5.41, 5.74) is 7.32. The van der Waals surface area contributed by atoms with Gasteiger partial charge in [-0.1, -0.05) is 12.1 Å². The second-order valence-corrected chi connectivity index (χ2v) is 7.17. The summed E-state index contributed by atoms with van der Waals surface area (Å²) in [6.45, 7) is 10.9. The van der Waals surface area contributed by atoms with Crippen molar-refractivity contribution in [2.75, 3.05) is 7.11 Å². The second-order valence-electron chi connectivity index (χ2n) is 7.17. The van der Waals surface area contributed by atoms with Crippen molar-refractivity contribution in [1.82, 2.24) is 14.2 Å². The fourth-order valence-corrected chi connectivity index (χ4v) is 4.29. The van der Waals surface area contributed by atoms with Crippen molar-refractivity contribution in [1.29, 1.82) is 0 Å². The van der Waals surface area contributed by atoms with Gasteiger partial charge in [-0.3, -0.25) is 0 Å². The Morgan fingerprint density at radius 2 is 1.62 bits per heavy atom. The van der Waals surface area contributed by atoms with E-state index in [2.05, 4.69) is 63.6 Å². The van der Waals surface area contributed by atoms with Crippen molar-refractivity contribution in [3.8, 4) is 5.75 Å². The molecule has 1 atom stereocenters. The third-order valence-corrected chi connectivity index (χ3v) is 5.49. The van der Waals surface area contributed by atoms with Crippen molar-refractivity contribution in [2.24, 2.45) is 0 Å². The van der Waals surface area contributed by atoms with E-state index < -0.39 is 0 Å². The number of aryl methyl sites for hydroxylation is 4. The number of benzene rings is 1. The molecule has 1 aromatic carbocycles. The Morgan fingerprint density at radius 1 is 0.962 bits per heavy atom. The van der Waals surface area contributed by atoms with Crippen molar-refractivity contribution in [3.63, 3.8) is 0 Å². The molecule has 1 unspecified atom stereocenters. The zero-order chi connectivity index (χ0) is 18.6. The SMILES string of the molecule is COc1ccc(C(C)n2c(C)c3c(C)nn4cc(C)cc4c3c2C)cc1. The van der Waals surface area contributed by atoms with Crippen LogP contribution in [0.2, 0.25) is 0 Å². The highest BCUT2D eigenvalue weighted by Gasteiger charge is 2.21. The first kappa shape index (κ1) is 16.7. The van der Waals surface area contributed by atoms with Crippen molar-refractivity contribution in [3.05, 3.63) is 64.7 Å². The molecule has 4 aromatic rings. The number of rotatable bonds is 3. The van der Waals surface area contributed by atoms with Crippen LogP contribution in [-0.4, -0.2) is 21.3 Å². The molecular weight excluding hydrogens is 322 g/mol. The third-order valence-electron chi connectivity index (χ3n) is 5.49. The molecule has 0 saturated carbocycles. The summed E-state index contributed by atoms with van der Waals surface area (Å²) >= 11 is 0. The normalized spacial score (nSPS) is 12.8. The average molecular weight is 347 g/mol. The summed E-state index contributed by atoms with van der Waals surface area (Å²) in [5.74, 6) is 0.887. The van der Waals surface area contributed by atoms with Crippen LogP contribution >= 0.6 is 0 Å². The summed E-state index contributed by atoms with van der Waals surface area (Å²) in [4.78, 5) is 0. The van der Waals surface area contributed by atoms with E-state index in [-0.39, 0.29) is 6.04 Å². The van der Waals surface area contributed by atoms with E-state index in [9.17, 15) is 0 Å². The number of aromatic nitrogens is 3. The molecule has 26 heavy (non-hydrogen) atoms. The molecule has 3 aromatic heterocycles. The summed E-state index contributed by atoms with van der Waals surface area (Å²) in [5, 5.41) is 7.36. The minimum absolute atomic E-state index is 0.240. The number of hydrogen-bond donors (Lipinski definition) is 0. The van der Waals surface area contributed by atoms with E-state index in [0.717, 1.165) is 11.4 Å². The maximum atomic E-state index is 5.30. The Morgan fingerprint density at radius 3 is 2.27 bits per heavy atom. The molecule has 0 amide bonds. The first-order chi connectivity index (χ1) is 12.4. The standard InChI is InChI=1S/C22H25N3O/c1-13-11-20-22-17(5)25(15(3)18-7-9-19(26-6)10-8-18)16(4)21(22)14(2)23-24(20)12-13/h7-12,15H,1-6H3. The zero-order valence-electron chi connectivity index (χ0n) is 16.3. The van der Waals surface area contributed by atoms with Crippen LogP contribution in [0.3, 0.4) is 0 Å². The Balaban J connectivity index is 1.97. The van der Waals surface area contributed by atoms with E-state index in [1.807, 2.05) is 16.6 Å². The van der Waals surface area contributed by atoms with Crippen LogP contribution in [0.25, 0.3) is 16.3 Å². The highest BCUT2D eigenvalue weighted by Crippen LogP contribution is 2.35. The highest BCUT2D eigenvalue weighted by atomic mass is 16.5. The first-order valence-electron chi connectivity index (χ1n) is 9.03. The highest BCUT2D eigenvalue weighted by molar-refractivity contribution is 6.01. The number of methoxy groups -OCH3 is 1. The Bertz CT molecular complexity index is 1120. The minimum atomic E-state index is 0.240. The Labute approximate surface area is 154 Å². The minimum Gasteiger partial charge on any atom is -0.497 e. The lowest BCUT2D eigenvalue weighted by molar-refractivity contribution is 0.414. The predicted molar refractivity (Wildman–Crippen MR) is 106 cm³/mol. The first-order valence-corrected chi connectivity index (χ1v) is 9.03. The molecule has 0 bridgehead atoms. The van der Waals surface area contributed by atoms with Crippen LogP contribution in [-0.2, 0) is 0 Å². The number of nitrogens with zero attached hydrogens (tertiary/aromatic N) is 3. The molecule has 0 aliphatic rings. The van der Waals surface area contributed by atoms with Crippen LogP contribution in [0.1, 0.15) is 41.2 Å². The van der Waals surface area contributed by atoms with Gasteiger partial charge in [-0.05, 0) is 63.9 Å². The summed E-state index contributed by atoms with van der Waals surface area (Å²) < 4.78 is 9.75. The lowest BCUT2D eigenvalue weighted by Crippen LogP contribution is -2.10. The van der Waals surface area contributed by atoms with Gasteiger partial charge in [0.2, 0.25) is 0 Å². The number of hydrogen-bond acceptors (Lipinski definition) is 2. The van der Waals surface area contributed by atoms with E-state index in [1.54, 1.807) is 7.11 Å². The summed E-state index contributed by atoms with van der Waals surface area (Å²) in [6.07, 6.45) is 2.10. The Hall–Kier alpha value is -2.75. The van der Waals surface area contributed by atoms with Gasteiger partial charge < -0.3 is 9.30 Å². The van der Waals surface area contributed by atoms with Crippen molar-refractivity contribution in [2.45, 2.75) is 40.7 Å². The molecule has 0 aliphatic carbocycles. The molecule has 0 radical (unpaired) electrons. The van der Waals surface area contributed by atoms with Crippen LogP contribution in [0.4, 0.5) is 0 Å². The molecule has 0 spiro atoms. The number of ether oxygens (including phenoxy) is 1. The second kappa shape index (κ2) is 5.90. The smallest absolute Gasteiger partial charge is 0.118 e. The maximum absolute atomic E-state index is 5.30. The van der Waals surface area contributed by atoms with Crippen molar-refractivity contribution >= 4 is 16.3 Å². The van der Waals surface area contributed by atoms with Gasteiger partial charge in [0.05, 0.1) is 24.4 Å². The predicted octanol–water partition coefficient (Wildman–Crippen LogP) is 5.14. The average Bonchev–Trinajstić information content (AvgIpc) is 3.11. The fourth-order valence-electron chi connectivity index (χ4n) is 4.29. The molecule has 3 heterocycles. The van der Waals surface area contributed by atoms with Gasteiger partial charge in [0.25, 0.3) is 0 Å². The topological polar surface area (TPSA) is 31.5 Å². The molecule has 4 rings (SSSR count). The monoisotopic (exact) mass is 347 g/mol. The lowest BCUT2D eigenvalue weighted by atomic mass is 10.1. The van der Waals surface area contributed by atoms with Gasteiger partial charge in [0.15, 0.2) is 0 Å². The molecule has 0 fully saturated rings. The van der Waals surface area contributed by atoms with Gasteiger partial charge in [-0.2, -0.15) is 5.10 Å². The lowest BCUT2D eigenvalue weighted by Gasteiger charge is -2.19. The molecule has 4 nitrogen and oxygen atoms in total. The van der Waals surface area contributed by atoms with Gasteiger partial charge in [0.1, 0.15) is 5.75 Å². The van der Waals surface area contributed by atoms with Crippen LogP contribution in [0.15, 0.2) is 36.5 Å². The molecular formula is C22H25N3O. The molecule has 0 N–H and O–H groups in total. The fraction of sp³-hybridized carbons (Fsp3) is 0.318. The largest absolute Gasteiger partial charge is 0.497 e. The third kappa shape index (κ3) is 2.32. The summed E-state index contributed by atoms with van der Waals surface area (Å²) in [6, 6.07) is 10.8. The molecule has 0 saturated heterocycles. The van der Waals surface area contributed by atoms with Crippen LogP contribution in [0.5, 0.6) is 5.75 Å². The maximum Gasteiger partial charge on any atom is 0.118 e. The van der Waals surface area contributed by atoms with E-state index in [0.29, 0.717) is 0 Å². The van der Waals surface area contributed by atoms with Crippen LogP contribution < -0.4 is 4.74 Å². The van der Waals surface area contributed by atoms with Gasteiger partial charge in [-0.15, -0.1) is 0 Å². The van der Waals surface area contributed by atoms with E-state index in [4.69, 9.17) is 9.84 Å². The van der Waals surface area contributed by atoms with Gasteiger partial charge in [-0.25, -0.2) is 4.52 Å². The van der Waals surface area contributed by atoms with Crippen LogP contribution in [0, 0.1) is 27.7 Å². The van der Waals surface area contributed by atoms with E-state index >= 15 is 0 Å². The molecule has 4 heteroatoms. The van der Waals surface area contributed by atoms with Gasteiger partial charge >= 0.3 is 0 Å². The summed E-state index contributed by atoms with van der Waals surface area (Å²) in [7, 11) is 1.70. The molecule has 0 aliphatic heterocycles. The Kier molecular flexibility index (Phi) is 3.79. The quantitative estimate of drug-likeness (QED) is 0.514.